The third-order valence-corrected chi connectivity index (χ3v) is 6.07. The van der Waals surface area contributed by atoms with Crippen LogP contribution in [0.2, 0.25) is 10.0 Å². The third kappa shape index (κ3) is 5.64. The van der Waals surface area contributed by atoms with Gasteiger partial charge < -0.3 is 5.11 Å². The zero-order valence-electron chi connectivity index (χ0n) is 16.1. The highest BCUT2D eigenvalue weighted by molar-refractivity contribution is 7.92. The van der Waals surface area contributed by atoms with Gasteiger partial charge in [-0.3, -0.25) is 9.52 Å². The standard InChI is InChI=1S/C21H15Cl2N3O5S/c22-15-8-9-18(23)19(11-15)26-32(30,31)16-6-3-5-13(10-16)20(27)25-24-12-14-4-1-2-7-17(14)21(28)29/h1-12,26H,(H,25,27)(H,28,29)/b24-12-. The van der Waals surface area contributed by atoms with Crippen LogP contribution in [0.3, 0.4) is 0 Å². The molecule has 0 aromatic heterocycles. The van der Waals surface area contributed by atoms with E-state index in [1.807, 2.05) is 0 Å². The zero-order valence-corrected chi connectivity index (χ0v) is 18.4. The maximum absolute atomic E-state index is 12.7. The molecule has 0 radical (unpaired) electrons. The minimum absolute atomic E-state index is 0.0179. The van der Waals surface area contributed by atoms with E-state index in [4.69, 9.17) is 28.3 Å². The Bertz CT molecular complexity index is 1330. The van der Waals surface area contributed by atoms with E-state index in [0.717, 1.165) is 6.07 Å². The molecule has 1 amide bonds. The number of halogens is 2. The number of hydrazone groups is 1. The molecule has 0 aliphatic carbocycles. The van der Waals surface area contributed by atoms with Crippen molar-refractivity contribution in [3.63, 3.8) is 0 Å². The smallest absolute Gasteiger partial charge is 0.336 e. The Morgan fingerprint density at radius 3 is 2.47 bits per heavy atom. The first-order valence-corrected chi connectivity index (χ1v) is 11.1. The molecule has 0 aliphatic heterocycles. The van der Waals surface area contributed by atoms with Crippen molar-refractivity contribution < 1.29 is 23.1 Å². The highest BCUT2D eigenvalue weighted by Gasteiger charge is 2.18. The van der Waals surface area contributed by atoms with Gasteiger partial charge in [0.05, 0.1) is 27.4 Å². The number of carbonyl (C=O) groups is 2. The van der Waals surface area contributed by atoms with Crippen LogP contribution in [0.15, 0.2) is 76.7 Å². The van der Waals surface area contributed by atoms with Crippen molar-refractivity contribution in [2.75, 3.05) is 4.72 Å². The molecule has 164 valence electrons. The van der Waals surface area contributed by atoms with Gasteiger partial charge in [0.1, 0.15) is 0 Å². The van der Waals surface area contributed by atoms with E-state index in [-0.39, 0.29) is 26.7 Å². The molecule has 0 atom stereocenters. The predicted molar refractivity (Wildman–Crippen MR) is 122 cm³/mol. The average Bonchev–Trinajstić information content (AvgIpc) is 2.76. The largest absolute Gasteiger partial charge is 0.478 e. The van der Waals surface area contributed by atoms with Gasteiger partial charge in [-0.1, -0.05) is 47.5 Å². The third-order valence-electron chi connectivity index (χ3n) is 4.14. The second-order valence-corrected chi connectivity index (χ2v) is 8.88. The molecular formula is C21H15Cl2N3O5S. The maximum atomic E-state index is 12.7. The number of sulfonamides is 1. The van der Waals surface area contributed by atoms with Crippen LogP contribution >= 0.6 is 23.2 Å². The van der Waals surface area contributed by atoms with E-state index in [1.54, 1.807) is 12.1 Å². The summed E-state index contributed by atoms with van der Waals surface area (Å²) in [6.07, 6.45) is 1.19. The summed E-state index contributed by atoms with van der Waals surface area (Å²) in [6, 6.07) is 15.7. The lowest BCUT2D eigenvalue weighted by atomic mass is 10.1. The Morgan fingerprint density at radius 2 is 1.72 bits per heavy atom. The first-order chi connectivity index (χ1) is 15.2. The topological polar surface area (TPSA) is 125 Å². The summed E-state index contributed by atoms with van der Waals surface area (Å²) >= 11 is 11.9. The first kappa shape index (κ1) is 23.3. The van der Waals surface area contributed by atoms with Crippen LogP contribution in [0.5, 0.6) is 0 Å². The Kier molecular flexibility index (Phi) is 7.14. The SMILES string of the molecule is O=C(N/N=C\c1ccccc1C(=O)O)c1cccc(S(=O)(=O)Nc2cc(Cl)ccc2Cl)c1. The summed E-state index contributed by atoms with van der Waals surface area (Å²) in [4.78, 5) is 23.4. The number of nitrogens with one attached hydrogen (secondary N) is 2. The van der Waals surface area contributed by atoms with Crippen LogP contribution in [0.25, 0.3) is 0 Å². The Morgan fingerprint density at radius 1 is 0.969 bits per heavy atom. The van der Waals surface area contributed by atoms with Gasteiger partial charge in [0.2, 0.25) is 0 Å². The fourth-order valence-electron chi connectivity index (χ4n) is 2.61. The number of carboxylic acid groups (broad SMARTS) is 1. The molecule has 0 fully saturated rings. The number of amides is 1. The van der Waals surface area contributed by atoms with E-state index in [9.17, 15) is 18.0 Å². The lowest BCUT2D eigenvalue weighted by Gasteiger charge is -2.11. The molecule has 11 heteroatoms. The molecular weight excluding hydrogens is 477 g/mol. The van der Waals surface area contributed by atoms with Crippen molar-refractivity contribution in [1.82, 2.24) is 5.43 Å². The monoisotopic (exact) mass is 491 g/mol. The zero-order chi connectivity index (χ0) is 23.3. The molecule has 0 unspecified atom stereocenters. The minimum atomic E-state index is -4.06. The summed E-state index contributed by atoms with van der Waals surface area (Å²) in [5.74, 6) is -1.82. The molecule has 0 aliphatic rings. The van der Waals surface area contributed by atoms with Crippen LogP contribution in [0.1, 0.15) is 26.3 Å². The number of benzene rings is 3. The van der Waals surface area contributed by atoms with Gasteiger partial charge in [0.25, 0.3) is 15.9 Å². The molecule has 3 rings (SSSR count). The van der Waals surface area contributed by atoms with Gasteiger partial charge in [-0.15, -0.1) is 0 Å². The Balaban J connectivity index is 1.77. The second kappa shape index (κ2) is 9.82. The predicted octanol–water partition coefficient (Wildman–Crippen LogP) is 4.26. The molecule has 0 saturated heterocycles. The van der Waals surface area contributed by atoms with Crippen molar-refractivity contribution in [3.05, 3.63) is 93.5 Å². The number of nitrogens with zero attached hydrogens (tertiary/aromatic N) is 1. The minimum Gasteiger partial charge on any atom is -0.478 e. The quantitative estimate of drug-likeness (QED) is 0.336. The Labute approximate surface area is 193 Å². The average molecular weight is 492 g/mol. The van der Waals surface area contributed by atoms with Crippen LogP contribution in [-0.2, 0) is 10.0 Å². The fraction of sp³-hybridized carbons (Fsp3) is 0. The number of anilines is 1. The van der Waals surface area contributed by atoms with Gasteiger partial charge in [-0.05, 0) is 42.5 Å². The van der Waals surface area contributed by atoms with Gasteiger partial charge in [0.15, 0.2) is 0 Å². The van der Waals surface area contributed by atoms with Crippen molar-refractivity contribution in [1.29, 1.82) is 0 Å². The molecule has 8 nitrogen and oxygen atoms in total. The van der Waals surface area contributed by atoms with Crippen LogP contribution in [-0.4, -0.2) is 31.6 Å². The second-order valence-electron chi connectivity index (χ2n) is 6.35. The van der Waals surface area contributed by atoms with Gasteiger partial charge in [-0.2, -0.15) is 5.10 Å². The number of hydrogen-bond acceptors (Lipinski definition) is 5. The molecule has 0 bridgehead atoms. The van der Waals surface area contributed by atoms with Gasteiger partial charge in [-0.25, -0.2) is 18.6 Å². The van der Waals surface area contributed by atoms with E-state index in [2.05, 4.69) is 15.2 Å². The molecule has 0 heterocycles. The molecule has 3 N–H and O–H groups in total. The summed E-state index contributed by atoms with van der Waals surface area (Å²) in [5.41, 5.74) is 2.67. The Hall–Kier alpha value is -3.40. The molecule has 0 saturated carbocycles. The number of rotatable bonds is 7. The van der Waals surface area contributed by atoms with E-state index < -0.39 is 21.9 Å². The number of hydrogen-bond donors (Lipinski definition) is 3. The summed E-state index contributed by atoms with van der Waals surface area (Å²) in [7, 11) is -4.06. The van der Waals surface area contributed by atoms with Crippen LogP contribution < -0.4 is 10.1 Å². The van der Waals surface area contributed by atoms with E-state index in [1.165, 1.54) is 54.7 Å². The highest BCUT2D eigenvalue weighted by atomic mass is 35.5. The molecule has 0 spiro atoms. The first-order valence-electron chi connectivity index (χ1n) is 8.91. The maximum Gasteiger partial charge on any atom is 0.336 e. The lowest BCUT2D eigenvalue weighted by Crippen LogP contribution is -2.19. The molecule has 3 aromatic carbocycles. The van der Waals surface area contributed by atoms with E-state index in [0.29, 0.717) is 10.6 Å². The van der Waals surface area contributed by atoms with Gasteiger partial charge in [0, 0.05) is 16.1 Å². The lowest BCUT2D eigenvalue weighted by molar-refractivity contribution is 0.0696. The highest BCUT2D eigenvalue weighted by Crippen LogP contribution is 2.28. The van der Waals surface area contributed by atoms with Crippen molar-refractivity contribution >= 4 is 57.0 Å². The summed E-state index contributed by atoms with van der Waals surface area (Å²) in [5, 5.41) is 13.4. The van der Waals surface area contributed by atoms with Gasteiger partial charge >= 0.3 is 5.97 Å². The normalized spacial score (nSPS) is 11.3. The molecule has 3 aromatic rings. The van der Waals surface area contributed by atoms with Crippen molar-refractivity contribution in [3.8, 4) is 0 Å². The summed E-state index contributed by atoms with van der Waals surface area (Å²) in [6.45, 7) is 0. The number of carbonyl (C=O) groups excluding carboxylic acids is 1. The van der Waals surface area contributed by atoms with E-state index >= 15 is 0 Å². The summed E-state index contributed by atoms with van der Waals surface area (Å²) < 4.78 is 27.8. The fourth-order valence-corrected chi connectivity index (χ4v) is 4.12. The van der Waals surface area contributed by atoms with Crippen LogP contribution in [0.4, 0.5) is 5.69 Å². The molecule has 32 heavy (non-hydrogen) atoms. The number of aromatic carboxylic acids is 1. The van der Waals surface area contributed by atoms with Crippen molar-refractivity contribution in [2.45, 2.75) is 4.90 Å². The van der Waals surface area contributed by atoms with Crippen molar-refractivity contribution in [2.24, 2.45) is 5.10 Å². The van der Waals surface area contributed by atoms with Crippen LogP contribution in [0, 0.1) is 0 Å². The number of carboxylic acids is 1.